The summed E-state index contributed by atoms with van der Waals surface area (Å²) in [4.78, 5) is 10.7. The lowest BCUT2D eigenvalue weighted by atomic mass is 9.72. The molecule has 0 rings (SSSR count). The first-order chi connectivity index (χ1) is 5.39. The minimum atomic E-state index is -0.152. The molecule has 0 N–H and O–H groups in total. The summed E-state index contributed by atoms with van der Waals surface area (Å²) in [6.45, 7) is 10.7. The number of rotatable bonds is 5. The van der Waals surface area contributed by atoms with E-state index in [1.807, 2.05) is 13.8 Å². The Kier molecular flexibility index (Phi) is 3.95. The standard InChI is InChI=1S/C11H22O/c1-6-11(5,7-2)8-10(3,4)9-12/h9H,6-8H2,1-5H3. The van der Waals surface area contributed by atoms with Gasteiger partial charge in [0.15, 0.2) is 0 Å². The van der Waals surface area contributed by atoms with Crippen LogP contribution < -0.4 is 0 Å². The van der Waals surface area contributed by atoms with Gasteiger partial charge in [0.05, 0.1) is 0 Å². The van der Waals surface area contributed by atoms with Gasteiger partial charge in [-0.15, -0.1) is 0 Å². The summed E-state index contributed by atoms with van der Waals surface area (Å²) in [5.74, 6) is 0. The molecular formula is C11H22O. The minimum absolute atomic E-state index is 0.152. The Labute approximate surface area is 76.6 Å². The Hall–Kier alpha value is -0.330. The summed E-state index contributed by atoms with van der Waals surface area (Å²) >= 11 is 0. The van der Waals surface area contributed by atoms with Crippen molar-refractivity contribution in [2.24, 2.45) is 10.8 Å². The Morgan fingerprint density at radius 2 is 1.50 bits per heavy atom. The molecule has 12 heavy (non-hydrogen) atoms. The van der Waals surface area contributed by atoms with Gasteiger partial charge in [-0.05, 0) is 11.8 Å². The topological polar surface area (TPSA) is 17.1 Å². The van der Waals surface area contributed by atoms with E-state index in [-0.39, 0.29) is 5.41 Å². The number of aldehydes is 1. The van der Waals surface area contributed by atoms with Crippen LogP contribution in [0.15, 0.2) is 0 Å². The first-order valence-electron chi connectivity index (χ1n) is 4.85. The molecule has 0 aromatic carbocycles. The van der Waals surface area contributed by atoms with Gasteiger partial charge in [0.2, 0.25) is 0 Å². The minimum Gasteiger partial charge on any atom is -0.303 e. The predicted molar refractivity (Wildman–Crippen MR) is 53.2 cm³/mol. The monoisotopic (exact) mass is 170 g/mol. The molecule has 0 aliphatic heterocycles. The molecule has 0 unspecified atom stereocenters. The molecule has 0 aromatic heterocycles. The molecule has 0 atom stereocenters. The van der Waals surface area contributed by atoms with E-state index in [0.717, 1.165) is 25.5 Å². The highest BCUT2D eigenvalue weighted by molar-refractivity contribution is 5.57. The van der Waals surface area contributed by atoms with Crippen LogP contribution in [0.1, 0.15) is 53.9 Å². The molecule has 0 spiro atoms. The molecule has 0 aliphatic rings. The van der Waals surface area contributed by atoms with E-state index in [4.69, 9.17) is 0 Å². The zero-order chi connectivity index (χ0) is 9.83. The van der Waals surface area contributed by atoms with Crippen molar-refractivity contribution in [3.05, 3.63) is 0 Å². The first-order valence-corrected chi connectivity index (χ1v) is 4.85. The fraction of sp³-hybridized carbons (Fsp3) is 0.909. The Bertz CT molecular complexity index is 143. The molecule has 72 valence electrons. The molecular weight excluding hydrogens is 148 g/mol. The fourth-order valence-corrected chi connectivity index (χ4v) is 1.64. The van der Waals surface area contributed by atoms with Crippen LogP contribution in [0, 0.1) is 10.8 Å². The third-order valence-corrected chi connectivity index (χ3v) is 2.91. The van der Waals surface area contributed by atoms with Gasteiger partial charge < -0.3 is 4.79 Å². The molecule has 0 bridgehead atoms. The SMILES string of the molecule is CCC(C)(CC)CC(C)(C)C=O. The molecule has 0 saturated carbocycles. The lowest BCUT2D eigenvalue weighted by molar-refractivity contribution is -0.116. The highest BCUT2D eigenvalue weighted by Crippen LogP contribution is 2.37. The van der Waals surface area contributed by atoms with Gasteiger partial charge in [-0.3, -0.25) is 0 Å². The number of hydrogen-bond donors (Lipinski definition) is 0. The molecule has 0 heterocycles. The van der Waals surface area contributed by atoms with E-state index >= 15 is 0 Å². The van der Waals surface area contributed by atoms with Crippen LogP contribution in [0.4, 0.5) is 0 Å². The average molecular weight is 170 g/mol. The van der Waals surface area contributed by atoms with Crippen molar-refractivity contribution in [1.82, 2.24) is 0 Å². The number of carbonyl (C=O) groups is 1. The van der Waals surface area contributed by atoms with Crippen LogP contribution in [0.2, 0.25) is 0 Å². The third-order valence-electron chi connectivity index (χ3n) is 2.91. The Balaban J connectivity index is 4.29. The summed E-state index contributed by atoms with van der Waals surface area (Å²) < 4.78 is 0. The molecule has 1 nitrogen and oxygen atoms in total. The third kappa shape index (κ3) is 3.38. The fourth-order valence-electron chi connectivity index (χ4n) is 1.64. The number of hydrogen-bond acceptors (Lipinski definition) is 1. The van der Waals surface area contributed by atoms with Crippen LogP contribution in [0.5, 0.6) is 0 Å². The lowest BCUT2D eigenvalue weighted by Gasteiger charge is -2.33. The van der Waals surface area contributed by atoms with E-state index in [9.17, 15) is 4.79 Å². The quantitative estimate of drug-likeness (QED) is 0.578. The van der Waals surface area contributed by atoms with E-state index in [1.165, 1.54) is 0 Å². The molecule has 0 radical (unpaired) electrons. The van der Waals surface area contributed by atoms with Crippen molar-refractivity contribution in [2.45, 2.75) is 53.9 Å². The molecule has 0 aliphatic carbocycles. The summed E-state index contributed by atoms with van der Waals surface area (Å²) in [5, 5.41) is 0. The lowest BCUT2D eigenvalue weighted by Crippen LogP contribution is -2.25. The number of carbonyl (C=O) groups excluding carboxylic acids is 1. The van der Waals surface area contributed by atoms with Gasteiger partial charge in [0.1, 0.15) is 6.29 Å². The smallest absolute Gasteiger partial charge is 0.125 e. The van der Waals surface area contributed by atoms with Gasteiger partial charge in [-0.1, -0.05) is 47.5 Å². The largest absolute Gasteiger partial charge is 0.303 e. The van der Waals surface area contributed by atoms with E-state index in [2.05, 4.69) is 20.8 Å². The average Bonchev–Trinajstić information content (AvgIpc) is 2.04. The van der Waals surface area contributed by atoms with Crippen molar-refractivity contribution in [1.29, 1.82) is 0 Å². The van der Waals surface area contributed by atoms with Crippen LogP contribution in [0.25, 0.3) is 0 Å². The van der Waals surface area contributed by atoms with Crippen LogP contribution in [-0.2, 0) is 4.79 Å². The highest BCUT2D eigenvalue weighted by Gasteiger charge is 2.29. The molecule has 0 amide bonds. The summed E-state index contributed by atoms with van der Waals surface area (Å²) in [6.07, 6.45) is 4.38. The second-order valence-corrected chi connectivity index (χ2v) is 4.80. The van der Waals surface area contributed by atoms with Gasteiger partial charge >= 0.3 is 0 Å². The van der Waals surface area contributed by atoms with Crippen LogP contribution in [-0.4, -0.2) is 6.29 Å². The Morgan fingerprint density at radius 3 is 1.75 bits per heavy atom. The molecule has 0 saturated heterocycles. The van der Waals surface area contributed by atoms with E-state index in [0.29, 0.717) is 5.41 Å². The zero-order valence-electron chi connectivity index (χ0n) is 9.11. The maximum absolute atomic E-state index is 10.7. The van der Waals surface area contributed by atoms with Crippen molar-refractivity contribution < 1.29 is 4.79 Å². The van der Waals surface area contributed by atoms with Gasteiger partial charge in [0.25, 0.3) is 0 Å². The summed E-state index contributed by atoms with van der Waals surface area (Å²) in [5.41, 5.74) is 0.186. The van der Waals surface area contributed by atoms with Crippen molar-refractivity contribution in [3.8, 4) is 0 Å². The second kappa shape index (κ2) is 4.06. The van der Waals surface area contributed by atoms with Gasteiger partial charge in [-0.2, -0.15) is 0 Å². The van der Waals surface area contributed by atoms with Crippen molar-refractivity contribution >= 4 is 6.29 Å². The van der Waals surface area contributed by atoms with E-state index < -0.39 is 0 Å². The molecule has 1 heteroatoms. The first kappa shape index (κ1) is 11.7. The zero-order valence-corrected chi connectivity index (χ0v) is 9.11. The van der Waals surface area contributed by atoms with Crippen molar-refractivity contribution in [3.63, 3.8) is 0 Å². The van der Waals surface area contributed by atoms with E-state index in [1.54, 1.807) is 0 Å². The summed E-state index contributed by atoms with van der Waals surface area (Å²) in [7, 11) is 0. The Morgan fingerprint density at radius 1 is 1.08 bits per heavy atom. The molecule has 0 fully saturated rings. The molecule has 0 aromatic rings. The maximum atomic E-state index is 10.7. The predicted octanol–water partition coefficient (Wildman–Crippen LogP) is 3.43. The van der Waals surface area contributed by atoms with Crippen molar-refractivity contribution in [2.75, 3.05) is 0 Å². The highest BCUT2D eigenvalue weighted by atomic mass is 16.1. The van der Waals surface area contributed by atoms with Crippen LogP contribution >= 0.6 is 0 Å². The maximum Gasteiger partial charge on any atom is 0.125 e. The van der Waals surface area contributed by atoms with Gasteiger partial charge in [0, 0.05) is 5.41 Å². The normalized spacial score (nSPS) is 13.1. The van der Waals surface area contributed by atoms with Gasteiger partial charge in [-0.25, -0.2) is 0 Å². The second-order valence-electron chi connectivity index (χ2n) is 4.80. The summed E-state index contributed by atoms with van der Waals surface area (Å²) in [6, 6.07) is 0. The van der Waals surface area contributed by atoms with Crippen LogP contribution in [0.3, 0.4) is 0 Å².